The average Bonchev–Trinajstić information content (AvgIpc) is 2.92. The van der Waals surface area contributed by atoms with Gasteiger partial charge >= 0.3 is 6.03 Å². The van der Waals surface area contributed by atoms with Gasteiger partial charge in [-0.2, -0.15) is 0 Å². The Hall–Kier alpha value is -3.97. The molecule has 3 aromatic carbocycles. The molecule has 0 spiro atoms. The van der Waals surface area contributed by atoms with E-state index >= 15 is 0 Å². The highest BCUT2D eigenvalue weighted by molar-refractivity contribution is 6.30. The van der Waals surface area contributed by atoms with Crippen LogP contribution in [0.2, 0.25) is 5.02 Å². The standard InChI is InChI=1S/C29H27ClFN5O/c1-20-24(19-21-11-13-23(30)14-12-21)28(34-27(32-20)22-7-3-2-4-8-22)35-15-17-36(18-16-35)29(37)33-26-10-6-5-9-25(26)31/h2-14H,15-19H2,1H3,(H,33,37). The number of aromatic nitrogens is 2. The lowest BCUT2D eigenvalue weighted by Crippen LogP contribution is -2.50. The molecule has 8 heteroatoms. The second kappa shape index (κ2) is 11.0. The van der Waals surface area contributed by atoms with Crippen molar-refractivity contribution in [2.75, 3.05) is 36.4 Å². The Kier molecular flexibility index (Phi) is 7.32. The molecule has 0 aliphatic carbocycles. The number of anilines is 2. The molecule has 1 aromatic heterocycles. The smallest absolute Gasteiger partial charge is 0.322 e. The number of para-hydroxylation sites is 1. The number of carbonyl (C=O) groups is 1. The number of nitrogens with zero attached hydrogens (tertiary/aromatic N) is 4. The number of aryl methyl sites for hydroxylation is 1. The SMILES string of the molecule is Cc1nc(-c2ccccc2)nc(N2CCN(C(=O)Nc3ccccc3F)CC2)c1Cc1ccc(Cl)cc1. The Labute approximate surface area is 220 Å². The Morgan fingerprint density at radius 2 is 1.59 bits per heavy atom. The van der Waals surface area contributed by atoms with Crippen LogP contribution in [0.25, 0.3) is 11.4 Å². The number of carbonyl (C=O) groups excluding carboxylic acids is 1. The quantitative estimate of drug-likeness (QED) is 0.344. The van der Waals surface area contributed by atoms with Gasteiger partial charge in [0.15, 0.2) is 5.82 Å². The summed E-state index contributed by atoms with van der Waals surface area (Å²) in [5, 5.41) is 3.38. The Balaban J connectivity index is 1.39. The summed E-state index contributed by atoms with van der Waals surface area (Å²) in [6.07, 6.45) is 0.668. The molecular formula is C29H27ClFN5O. The van der Waals surface area contributed by atoms with E-state index in [0.717, 1.165) is 28.2 Å². The first kappa shape index (κ1) is 24.7. The summed E-state index contributed by atoms with van der Waals surface area (Å²) in [6, 6.07) is 23.6. The first-order chi connectivity index (χ1) is 18.0. The number of benzene rings is 3. The van der Waals surface area contributed by atoms with Gasteiger partial charge in [0.1, 0.15) is 11.6 Å². The largest absolute Gasteiger partial charge is 0.353 e. The van der Waals surface area contributed by atoms with Crippen LogP contribution in [-0.2, 0) is 6.42 Å². The average molecular weight is 516 g/mol. The van der Waals surface area contributed by atoms with E-state index in [9.17, 15) is 9.18 Å². The predicted octanol–water partition coefficient (Wildman–Crippen LogP) is 6.19. The highest BCUT2D eigenvalue weighted by atomic mass is 35.5. The van der Waals surface area contributed by atoms with Crippen molar-refractivity contribution in [3.05, 3.63) is 107 Å². The van der Waals surface area contributed by atoms with Crippen molar-refractivity contribution in [2.24, 2.45) is 0 Å². The fourth-order valence-corrected chi connectivity index (χ4v) is 4.58. The van der Waals surface area contributed by atoms with Crippen LogP contribution in [0.4, 0.5) is 20.7 Å². The van der Waals surface area contributed by atoms with Gasteiger partial charge in [0.05, 0.1) is 5.69 Å². The van der Waals surface area contributed by atoms with Crippen LogP contribution in [0.3, 0.4) is 0 Å². The van der Waals surface area contributed by atoms with Crippen molar-refractivity contribution in [3.8, 4) is 11.4 Å². The molecular weight excluding hydrogens is 489 g/mol. The zero-order chi connectivity index (χ0) is 25.8. The van der Waals surface area contributed by atoms with Gasteiger partial charge in [-0.05, 0) is 36.8 Å². The summed E-state index contributed by atoms with van der Waals surface area (Å²) in [4.78, 5) is 26.5. The van der Waals surface area contributed by atoms with Crippen LogP contribution in [0.5, 0.6) is 0 Å². The van der Waals surface area contributed by atoms with Gasteiger partial charge in [-0.15, -0.1) is 0 Å². The fraction of sp³-hybridized carbons (Fsp3) is 0.207. The fourth-order valence-electron chi connectivity index (χ4n) is 4.45. The van der Waals surface area contributed by atoms with E-state index in [1.165, 1.54) is 6.07 Å². The molecule has 1 fully saturated rings. The zero-order valence-corrected chi connectivity index (χ0v) is 21.3. The van der Waals surface area contributed by atoms with Crippen LogP contribution in [0.15, 0.2) is 78.9 Å². The molecule has 2 heterocycles. The molecule has 0 radical (unpaired) electrons. The lowest BCUT2D eigenvalue weighted by molar-refractivity contribution is 0.208. The van der Waals surface area contributed by atoms with Crippen molar-refractivity contribution in [1.82, 2.24) is 14.9 Å². The van der Waals surface area contributed by atoms with Crippen molar-refractivity contribution < 1.29 is 9.18 Å². The summed E-state index contributed by atoms with van der Waals surface area (Å²) in [6.45, 7) is 4.20. The molecule has 1 saturated heterocycles. The molecule has 1 aliphatic rings. The van der Waals surface area contributed by atoms with E-state index < -0.39 is 5.82 Å². The number of urea groups is 1. The summed E-state index contributed by atoms with van der Waals surface area (Å²) in [5.74, 6) is 1.09. The maximum absolute atomic E-state index is 14.0. The summed E-state index contributed by atoms with van der Waals surface area (Å²) >= 11 is 6.10. The summed E-state index contributed by atoms with van der Waals surface area (Å²) in [7, 11) is 0. The third-order valence-corrected chi connectivity index (χ3v) is 6.75. The first-order valence-corrected chi connectivity index (χ1v) is 12.6. The zero-order valence-electron chi connectivity index (χ0n) is 20.5. The highest BCUT2D eigenvalue weighted by Gasteiger charge is 2.26. The number of hydrogen-bond donors (Lipinski definition) is 1. The van der Waals surface area contributed by atoms with Gasteiger partial charge in [-0.25, -0.2) is 19.2 Å². The Morgan fingerprint density at radius 1 is 0.919 bits per heavy atom. The molecule has 0 atom stereocenters. The topological polar surface area (TPSA) is 61.4 Å². The molecule has 1 N–H and O–H groups in total. The van der Waals surface area contributed by atoms with Crippen molar-refractivity contribution >= 4 is 29.1 Å². The minimum atomic E-state index is -0.453. The molecule has 2 amide bonds. The highest BCUT2D eigenvalue weighted by Crippen LogP contribution is 2.29. The van der Waals surface area contributed by atoms with Crippen molar-refractivity contribution in [2.45, 2.75) is 13.3 Å². The second-order valence-electron chi connectivity index (χ2n) is 8.99. The molecule has 1 aliphatic heterocycles. The predicted molar refractivity (Wildman–Crippen MR) is 146 cm³/mol. The normalized spacial score (nSPS) is 13.5. The molecule has 0 bridgehead atoms. The minimum Gasteiger partial charge on any atom is -0.353 e. The third-order valence-electron chi connectivity index (χ3n) is 6.50. The lowest BCUT2D eigenvalue weighted by atomic mass is 10.0. The van der Waals surface area contributed by atoms with Gasteiger partial charge in [0, 0.05) is 54.4 Å². The van der Waals surface area contributed by atoms with Gasteiger partial charge in [-0.1, -0.05) is 66.2 Å². The van der Waals surface area contributed by atoms with Crippen LogP contribution in [0, 0.1) is 12.7 Å². The molecule has 37 heavy (non-hydrogen) atoms. The molecule has 4 aromatic rings. The number of halogens is 2. The lowest BCUT2D eigenvalue weighted by Gasteiger charge is -2.36. The maximum Gasteiger partial charge on any atom is 0.322 e. The molecule has 188 valence electrons. The van der Waals surface area contributed by atoms with Crippen LogP contribution in [0.1, 0.15) is 16.8 Å². The molecule has 5 rings (SSSR count). The number of hydrogen-bond acceptors (Lipinski definition) is 4. The molecule has 0 unspecified atom stereocenters. The van der Waals surface area contributed by atoms with Crippen LogP contribution < -0.4 is 10.2 Å². The van der Waals surface area contributed by atoms with Gasteiger partial charge in [0.2, 0.25) is 0 Å². The van der Waals surface area contributed by atoms with E-state index in [2.05, 4.69) is 10.2 Å². The molecule has 0 saturated carbocycles. The van der Waals surface area contributed by atoms with Gasteiger partial charge in [-0.3, -0.25) is 0 Å². The maximum atomic E-state index is 14.0. The summed E-state index contributed by atoms with van der Waals surface area (Å²) in [5.41, 5.74) is 4.21. The minimum absolute atomic E-state index is 0.180. The van der Waals surface area contributed by atoms with E-state index in [-0.39, 0.29) is 11.7 Å². The Morgan fingerprint density at radius 3 is 2.30 bits per heavy atom. The number of amides is 2. The van der Waals surface area contributed by atoms with E-state index in [0.29, 0.717) is 43.4 Å². The van der Waals surface area contributed by atoms with E-state index in [1.807, 2.05) is 61.5 Å². The van der Waals surface area contributed by atoms with Crippen LogP contribution in [-0.4, -0.2) is 47.1 Å². The van der Waals surface area contributed by atoms with Crippen molar-refractivity contribution in [3.63, 3.8) is 0 Å². The number of rotatable bonds is 5. The number of nitrogens with one attached hydrogen (secondary N) is 1. The van der Waals surface area contributed by atoms with Gasteiger partial charge < -0.3 is 15.1 Å². The second-order valence-corrected chi connectivity index (χ2v) is 9.42. The van der Waals surface area contributed by atoms with Crippen LogP contribution >= 0.6 is 11.6 Å². The van der Waals surface area contributed by atoms with E-state index in [1.54, 1.807) is 23.1 Å². The first-order valence-electron chi connectivity index (χ1n) is 12.2. The number of piperazine rings is 1. The summed E-state index contributed by atoms with van der Waals surface area (Å²) < 4.78 is 14.0. The monoisotopic (exact) mass is 515 g/mol. The van der Waals surface area contributed by atoms with E-state index in [4.69, 9.17) is 21.6 Å². The van der Waals surface area contributed by atoms with Crippen molar-refractivity contribution in [1.29, 1.82) is 0 Å². The van der Waals surface area contributed by atoms with Gasteiger partial charge in [0.25, 0.3) is 0 Å². The third kappa shape index (κ3) is 5.73. The molecule has 6 nitrogen and oxygen atoms in total. The Bertz CT molecular complexity index is 1390.